The van der Waals surface area contributed by atoms with Gasteiger partial charge in [-0.25, -0.2) is 0 Å². The molecule has 1 aliphatic rings. The number of nitrogens with two attached hydrogens (primary N) is 1. The maximum absolute atomic E-state index is 12.5. The molecule has 0 spiro atoms. The van der Waals surface area contributed by atoms with Crippen LogP contribution in [0.15, 0.2) is 38.3 Å². The van der Waals surface area contributed by atoms with Gasteiger partial charge in [0.1, 0.15) is 5.76 Å². The van der Waals surface area contributed by atoms with Crippen molar-refractivity contribution in [3.63, 3.8) is 0 Å². The summed E-state index contributed by atoms with van der Waals surface area (Å²) in [5.74, 6) is -0.191. The zero-order chi connectivity index (χ0) is 20.3. The van der Waals surface area contributed by atoms with Gasteiger partial charge in [0.15, 0.2) is 10.9 Å². The van der Waals surface area contributed by atoms with Crippen molar-refractivity contribution in [3.05, 3.63) is 56.9 Å². The van der Waals surface area contributed by atoms with Crippen LogP contribution < -0.4 is 22.0 Å². The number of hydrogen-bond acceptors (Lipinski definition) is 5. The zero-order valence-electron chi connectivity index (χ0n) is 15.0. The third-order valence-corrected chi connectivity index (χ3v) is 5.02. The van der Waals surface area contributed by atoms with E-state index < -0.39 is 11.8 Å². The average molecular weight is 464 g/mol. The molecule has 0 atom stereocenters. The van der Waals surface area contributed by atoms with Crippen molar-refractivity contribution in [2.75, 3.05) is 0 Å². The number of hydrogen-bond donors (Lipinski definition) is 4. The molecule has 0 unspecified atom stereocenters. The maximum atomic E-state index is 12.5. The molecule has 1 aliphatic carbocycles. The van der Waals surface area contributed by atoms with E-state index in [4.69, 9.17) is 22.4 Å². The van der Waals surface area contributed by atoms with Gasteiger partial charge in [-0.3, -0.25) is 25.9 Å². The number of rotatable bonds is 3. The van der Waals surface area contributed by atoms with E-state index in [9.17, 15) is 9.59 Å². The van der Waals surface area contributed by atoms with Gasteiger partial charge in [0, 0.05) is 22.0 Å². The number of aryl methyl sites for hydroxylation is 1. The highest BCUT2D eigenvalue weighted by Gasteiger charge is 2.28. The summed E-state index contributed by atoms with van der Waals surface area (Å²) in [5.41, 5.74) is 15.3. The molecule has 0 radical (unpaired) electrons. The van der Waals surface area contributed by atoms with Crippen molar-refractivity contribution in [1.82, 2.24) is 16.3 Å². The van der Waals surface area contributed by atoms with E-state index in [0.29, 0.717) is 34.2 Å². The van der Waals surface area contributed by atoms with Crippen LogP contribution in [0.5, 0.6) is 0 Å². The first-order chi connectivity index (χ1) is 13.4. The Bertz CT molecular complexity index is 986. The number of hydrazine groups is 1. The molecule has 1 aromatic heterocycles. The monoisotopic (exact) mass is 463 g/mol. The highest BCUT2D eigenvalue weighted by molar-refractivity contribution is 9.10. The van der Waals surface area contributed by atoms with Gasteiger partial charge in [-0.05, 0) is 60.0 Å². The molecule has 5 N–H and O–H groups in total. The largest absolute Gasteiger partial charge is 0.455 e. The lowest BCUT2D eigenvalue weighted by Crippen LogP contribution is -2.41. The second-order valence-electron chi connectivity index (χ2n) is 6.13. The highest BCUT2D eigenvalue weighted by Crippen LogP contribution is 2.29. The Labute approximate surface area is 175 Å². The van der Waals surface area contributed by atoms with E-state index in [1.54, 1.807) is 31.2 Å². The topological polar surface area (TPSA) is 122 Å². The van der Waals surface area contributed by atoms with Gasteiger partial charge in [0.25, 0.3) is 5.91 Å². The first-order valence-electron chi connectivity index (χ1n) is 8.48. The van der Waals surface area contributed by atoms with E-state index >= 15 is 0 Å². The van der Waals surface area contributed by atoms with Crippen molar-refractivity contribution in [2.45, 2.75) is 26.2 Å². The summed E-state index contributed by atoms with van der Waals surface area (Å²) in [5, 5.41) is 4.28. The molecule has 0 saturated heterocycles. The molecule has 0 saturated carbocycles. The Balaban J connectivity index is 1.76. The predicted octanol–water partition coefficient (Wildman–Crippen LogP) is 2.30. The minimum absolute atomic E-state index is 0.0634. The summed E-state index contributed by atoms with van der Waals surface area (Å²) < 4.78 is 6.37. The lowest BCUT2D eigenvalue weighted by molar-refractivity contribution is 0.0829. The third-order valence-electron chi connectivity index (χ3n) is 4.24. The number of amides is 2. The molecule has 10 heteroatoms. The molecule has 28 heavy (non-hydrogen) atoms. The zero-order valence-corrected chi connectivity index (χ0v) is 17.4. The van der Waals surface area contributed by atoms with Gasteiger partial charge in [-0.2, -0.15) is 5.10 Å². The second kappa shape index (κ2) is 8.53. The lowest BCUT2D eigenvalue weighted by Gasteiger charge is -2.13. The van der Waals surface area contributed by atoms with Crippen LogP contribution in [-0.2, 0) is 6.42 Å². The second-order valence-corrected chi connectivity index (χ2v) is 7.42. The molecule has 3 rings (SSSR count). The summed E-state index contributed by atoms with van der Waals surface area (Å²) >= 11 is 8.08. The number of fused-ring (bicyclic) bond motifs is 1. The number of hydrazone groups is 1. The molecule has 2 aromatic rings. The maximum Gasteiger partial charge on any atom is 0.305 e. The first-order valence-corrected chi connectivity index (χ1v) is 9.68. The van der Waals surface area contributed by atoms with Crippen molar-refractivity contribution in [3.8, 4) is 0 Å². The Morgan fingerprint density at radius 2 is 1.93 bits per heavy atom. The van der Waals surface area contributed by atoms with Gasteiger partial charge in [0.2, 0.25) is 0 Å². The third kappa shape index (κ3) is 4.23. The van der Waals surface area contributed by atoms with Crippen molar-refractivity contribution >= 4 is 50.8 Å². The standard InChI is InChI=1S/C18H18BrN5O3S/c1-9-14-12(21-24-18(20)28)7-4-8-13(14)27-15(9)17(26)23-22-16(25)10-5-2-3-6-11(10)19/h2-3,5-6H,4,7-8H2,1H3,(H,22,25)(H,23,26)(H3,20,24,28)/b21-12+. The molecular weight excluding hydrogens is 446 g/mol. The van der Waals surface area contributed by atoms with Crippen LogP contribution in [-0.4, -0.2) is 22.6 Å². The van der Waals surface area contributed by atoms with Crippen LogP contribution in [0.2, 0.25) is 0 Å². The van der Waals surface area contributed by atoms with Crippen LogP contribution in [0.1, 0.15) is 50.6 Å². The van der Waals surface area contributed by atoms with Crippen molar-refractivity contribution in [2.24, 2.45) is 10.8 Å². The van der Waals surface area contributed by atoms with Crippen LogP contribution in [0.4, 0.5) is 0 Å². The molecule has 0 bridgehead atoms. The van der Waals surface area contributed by atoms with Crippen LogP contribution in [0, 0.1) is 6.92 Å². The Morgan fingerprint density at radius 3 is 2.64 bits per heavy atom. The fourth-order valence-corrected chi connectivity index (χ4v) is 3.51. The molecule has 146 valence electrons. The molecule has 0 aliphatic heterocycles. The number of benzene rings is 1. The predicted molar refractivity (Wildman–Crippen MR) is 112 cm³/mol. The molecular formula is C18H18BrN5O3S. The summed E-state index contributed by atoms with van der Waals surface area (Å²) in [4.78, 5) is 24.8. The first kappa shape index (κ1) is 20.0. The quantitative estimate of drug-likeness (QED) is 0.409. The smallest absolute Gasteiger partial charge is 0.305 e. The number of furan rings is 1. The minimum Gasteiger partial charge on any atom is -0.455 e. The van der Waals surface area contributed by atoms with Gasteiger partial charge >= 0.3 is 5.91 Å². The van der Waals surface area contributed by atoms with Crippen LogP contribution in [0.25, 0.3) is 0 Å². The molecule has 2 amide bonds. The SMILES string of the molecule is Cc1c(C(=O)NNC(=O)c2ccccc2Br)oc2c1/C(=N/NC(N)=S)CCC2. The van der Waals surface area contributed by atoms with Gasteiger partial charge in [-0.1, -0.05) is 12.1 Å². The van der Waals surface area contributed by atoms with Crippen LogP contribution in [0.3, 0.4) is 0 Å². The Hall–Kier alpha value is -2.72. The van der Waals surface area contributed by atoms with Crippen molar-refractivity contribution in [1.29, 1.82) is 0 Å². The minimum atomic E-state index is -0.547. The van der Waals surface area contributed by atoms with Gasteiger partial charge in [-0.15, -0.1) is 0 Å². The van der Waals surface area contributed by atoms with Gasteiger partial charge < -0.3 is 10.2 Å². The Morgan fingerprint density at radius 1 is 1.21 bits per heavy atom. The lowest BCUT2D eigenvalue weighted by atomic mass is 9.93. The van der Waals surface area contributed by atoms with E-state index in [-0.39, 0.29) is 10.9 Å². The number of nitrogens with zero attached hydrogens (tertiary/aromatic N) is 1. The number of thiocarbonyl (C=S) groups is 1. The normalized spacial score (nSPS) is 14.3. The van der Waals surface area contributed by atoms with Crippen LogP contribution >= 0.6 is 28.1 Å². The number of carbonyl (C=O) groups excluding carboxylic acids is 2. The van der Waals surface area contributed by atoms with E-state index in [0.717, 1.165) is 17.7 Å². The van der Waals surface area contributed by atoms with Crippen molar-refractivity contribution < 1.29 is 14.0 Å². The van der Waals surface area contributed by atoms with E-state index in [2.05, 4.69) is 37.3 Å². The van der Waals surface area contributed by atoms with E-state index in [1.807, 2.05) is 0 Å². The average Bonchev–Trinajstić information content (AvgIpc) is 3.02. The highest BCUT2D eigenvalue weighted by atomic mass is 79.9. The summed E-state index contributed by atoms with van der Waals surface area (Å²) in [7, 11) is 0. The molecule has 1 heterocycles. The molecule has 8 nitrogen and oxygen atoms in total. The Kier molecular flexibility index (Phi) is 6.10. The summed E-state index contributed by atoms with van der Waals surface area (Å²) in [6.45, 7) is 1.77. The number of halogens is 1. The fraction of sp³-hybridized carbons (Fsp3) is 0.222. The number of nitrogens with one attached hydrogen (secondary N) is 3. The number of carbonyl (C=O) groups is 2. The summed E-state index contributed by atoms with van der Waals surface area (Å²) in [6.07, 6.45) is 2.24. The van der Waals surface area contributed by atoms with E-state index in [1.165, 1.54) is 0 Å². The molecule has 0 fully saturated rings. The fourth-order valence-electron chi connectivity index (χ4n) is 3.00. The summed E-state index contributed by atoms with van der Waals surface area (Å²) in [6, 6.07) is 6.90. The van der Waals surface area contributed by atoms with Gasteiger partial charge in [0.05, 0.1) is 11.3 Å². The molecule has 1 aromatic carbocycles.